The number of hydrogen-bond acceptors (Lipinski definition) is 4. The van der Waals surface area contributed by atoms with E-state index in [9.17, 15) is 0 Å². The third-order valence-electron chi connectivity index (χ3n) is 4.67. The highest BCUT2D eigenvalue weighted by Gasteiger charge is 2.36. The average molecular weight is 279 g/mol. The molecule has 1 saturated carbocycles. The number of hydrogen-bond donors (Lipinski definition) is 1. The van der Waals surface area contributed by atoms with Crippen LogP contribution in [0.5, 0.6) is 0 Å². The molecule has 1 aliphatic rings. The lowest BCUT2D eigenvalue weighted by atomic mass is 9.69. The summed E-state index contributed by atoms with van der Waals surface area (Å²) in [6.07, 6.45) is 10.1. The van der Waals surface area contributed by atoms with Crippen LogP contribution in [-0.2, 0) is 0 Å². The lowest BCUT2D eigenvalue weighted by Gasteiger charge is -2.41. The fraction of sp³-hybridized carbons (Fsp3) is 0.733. The molecule has 2 rings (SSSR count). The second-order valence-electron chi connectivity index (χ2n) is 6.22. The Balaban J connectivity index is 2.03. The summed E-state index contributed by atoms with van der Waals surface area (Å²) < 4.78 is 0. The lowest BCUT2D eigenvalue weighted by molar-refractivity contribution is 0.148. The topological polar surface area (TPSA) is 51.8 Å². The van der Waals surface area contributed by atoms with E-state index in [4.69, 9.17) is 5.73 Å². The quantitative estimate of drug-likeness (QED) is 0.916. The van der Waals surface area contributed by atoms with Gasteiger partial charge in [0.05, 0.1) is 6.20 Å². The van der Waals surface area contributed by atoms with Crippen LogP contribution in [0.4, 0.5) is 0 Å². The molecule has 0 amide bonds. The molecule has 2 N–H and O–H groups in total. The van der Waals surface area contributed by atoms with E-state index in [1.807, 2.05) is 6.20 Å². The molecular weight excluding hydrogens is 254 g/mol. The first kappa shape index (κ1) is 14.8. The zero-order chi connectivity index (χ0) is 13.9. The average Bonchev–Trinajstić information content (AvgIpc) is 2.42. The van der Waals surface area contributed by atoms with E-state index >= 15 is 0 Å². The first-order valence-corrected chi connectivity index (χ1v) is 8.09. The maximum atomic E-state index is 6.30. The minimum Gasteiger partial charge on any atom is -0.327 e. The minimum absolute atomic E-state index is 0.288. The Hall–Kier alpha value is -0.610. The predicted octanol–water partition coefficient (Wildman–Crippen LogP) is 3.50. The van der Waals surface area contributed by atoms with Crippen molar-refractivity contribution in [2.24, 2.45) is 17.1 Å². The lowest BCUT2D eigenvalue weighted by Crippen LogP contribution is -2.42. The monoisotopic (exact) mass is 279 g/mol. The van der Waals surface area contributed by atoms with Crippen LogP contribution in [0.25, 0.3) is 0 Å². The molecule has 1 heterocycles. The van der Waals surface area contributed by atoms with Gasteiger partial charge in [-0.25, -0.2) is 4.98 Å². The van der Waals surface area contributed by atoms with Crippen LogP contribution < -0.4 is 5.73 Å². The molecule has 0 saturated heterocycles. The summed E-state index contributed by atoms with van der Waals surface area (Å²) in [6, 6.07) is 0.288. The predicted molar refractivity (Wildman–Crippen MR) is 81.1 cm³/mol. The van der Waals surface area contributed by atoms with E-state index < -0.39 is 0 Å². The molecule has 0 spiro atoms. The van der Waals surface area contributed by atoms with E-state index in [1.54, 1.807) is 24.2 Å². The van der Waals surface area contributed by atoms with Crippen LogP contribution in [0.3, 0.4) is 0 Å². The van der Waals surface area contributed by atoms with E-state index in [-0.39, 0.29) is 6.04 Å². The molecule has 3 atom stereocenters. The molecule has 3 unspecified atom stereocenters. The molecule has 1 fully saturated rings. The highest BCUT2D eigenvalue weighted by molar-refractivity contribution is 7.99. The van der Waals surface area contributed by atoms with E-state index in [2.05, 4.69) is 30.7 Å². The Morgan fingerprint density at radius 2 is 2.16 bits per heavy atom. The van der Waals surface area contributed by atoms with Crippen molar-refractivity contribution in [1.82, 2.24) is 9.97 Å². The molecule has 1 aromatic rings. The van der Waals surface area contributed by atoms with Crippen LogP contribution in [0.15, 0.2) is 23.6 Å². The largest absolute Gasteiger partial charge is 0.327 e. The second-order valence-corrected chi connectivity index (χ2v) is 7.48. The first-order valence-electron chi connectivity index (χ1n) is 7.21. The van der Waals surface area contributed by atoms with Gasteiger partial charge in [-0.3, -0.25) is 4.98 Å². The molecule has 106 valence electrons. The summed E-state index contributed by atoms with van der Waals surface area (Å²) in [5.41, 5.74) is 6.72. The number of rotatable bonds is 4. The Morgan fingerprint density at radius 3 is 2.79 bits per heavy atom. The normalized spacial score (nSPS) is 28.3. The Morgan fingerprint density at radius 1 is 1.37 bits per heavy atom. The van der Waals surface area contributed by atoms with Crippen LogP contribution in [0.1, 0.15) is 46.5 Å². The Labute approximate surface area is 120 Å². The van der Waals surface area contributed by atoms with Gasteiger partial charge in [0.15, 0.2) is 0 Å². The maximum absolute atomic E-state index is 6.30. The van der Waals surface area contributed by atoms with Crippen LogP contribution in [0, 0.1) is 11.3 Å². The molecule has 1 aliphatic carbocycles. The third-order valence-corrected chi connectivity index (χ3v) is 5.97. The molecule has 4 heteroatoms. The molecule has 0 aliphatic heterocycles. The SMILES string of the molecule is CCC(C)(C)C1CCC(N)C(Sc2cnccn2)C1. The van der Waals surface area contributed by atoms with Gasteiger partial charge >= 0.3 is 0 Å². The Bertz CT molecular complexity index is 394. The number of nitrogens with zero attached hydrogens (tertiary/aromatic N) is 2. The van der Waals surface area contributed by atoms with Gasteiger partial charge < -0.3 is 5.73 Å². The maximum Gasteiger partial charge on any atom is 0.115 e. The molecule has 0 radical (unpaired) electrons. The van der Waals surface area contributed by atoms with Crippen molar-refractivity contribution in [3.63, 3.8) is 0 Å². The fourth-order valence-electron chi connectivity index (χ4n) is 2.79. The van der Waals surface area contributed by atoms with Crippen molar-refractivity contribution >= 4 is 11.8 Å². The molecule has 1 aromatic heterocycles. The zero-order valence-corrected chi connectivity index (χ0v) is 13.0. The van der Waals surface area contributed by atoms with E-state index in [1.165, 1.54) is 19.3 Å². The second kappa shape index (κ2) is 6.23. The van der Waals surface area contributed by atoms with Crippen molar-refractivity contribution in [3.05, 3.63) is 18.6 Å². The highest BCUT2D eigenvalue weighted by atomic mass is 32.2. The van der Waals surface area contributed by atoms with Crippen LogP contribution in [0.2, 0.25) is 0 Å². The number of nitrogens with two attached hydrogens (primary N) is 1. The summed E-state index contributed by atoms with van der Waals surface area (Å²) in [7, 11) is 0. The smallest absolute Gasteiger partial charge is 0.115 e. The van der Waals surface area contributed by atoms with Gasteiger partial charge in [0.25, 0.3) is 0 Å². The van der Waals surface area contributed by atoms with Crippen molar-refractivity contribution in [2.45, 2.75) is 62.8 Å². The van der Waals surface area contributed by atoms with Gasteiger partial charge in [0.1, 0.15) is 5.03 Å². The highest BCUT2D eigenvalue weighted by Crippen LogP contribution is 2.44. The van der Waals surface area contributed by atoms with Crippen LogP contribution in [-0.4, -0.2) is 21.3 Å². The number of aromatic nitrogens is 2. The van der Waals surface area contributed by atoms with Crippen molar-refractivity contribution in [1.29, 1.82) is 0 Å². The van der Waals surface area contributed by atoms with E-state index in [0.717, 1.165) is 17.4 Å². The van der Waals surface area contributed by atoms with Gasteiger partial charge in [-0.1, -0.05) is 39.0 Å². The van der Waals surface area contributed by atoms with Crippen LogP contribution >= 0.6 is 11.8 Å². The molecular formula is C15H25N3S. The molecule has 19 heavy (non-hydrogen) atoms. The van der Waals surface area contributed by atoms with Crippen molar-refractivity contribution in [3.8, 4) is 0 Å². The Kier molecular flexibility index (Phi) is 4.85. The summed E-state index contributed by atoms with van der Waals surface area (Å²) >= 11 is 1.80. The van der Waals surface area contributed by atoms with Gasteiger partial charge in [-0.15, -0.1) is 0 Å². The zero-order valence-electron chi connectivity index (χ0n) is 12.2. The van der Waals surface area contributed by atoms with Crippen molar-refractivity contribution < 1.29 is 0 Å². The number of thioether (sulfide) groups is 1. The molecule has 0 aromatic carbocycles. The third kappa shape index (κ3) is 3.69. The molecule has 3 nitrogen and oxygen atoms in total. The molecule has 0 bridgehead atoms. The summed E-state index contributed by atoms with van der Waals surface area (Å²) in [6.45, 7) is 7.07. The van der Waals surface area contributed by atoms with Crippen molar-refractivity contribution in [2.75, 3.05) is 0 Å². The summed E-state index contributed by atoms with van der Waals surface area (Å²) in [5.74, 6) is 0.770. The first-order chi connectivity index (χ1) is 9.03. The van der Waals surface area contributed by atoms with Gasteiger partial charge in [-0.2, -0.15) is 0 Å². The van der Waals surface area contributed by atoms with E-state index in [0.29, 0.717) is 10.7 Å². The van der Waals surface area contributed by atoms with Gasteiger partial charge in [-0.05, 0) is 30.6 Å². The fourth-order valence-corrected chi connectivity index (χ4v) is 3.98. The summed E-state index contributed by atoms with van der Waals surface area (Å²) in [4.78, 5) is 8.49. The van der Waals surface area contributed by atoms with Gasteiger partial charge in [0, 0.05) is 23.7 Å². The summed E-state index contributed by atoms with van der Waals surface area (Å²) in [5, 5.41) is 1.47. The van der Waals surface area contributed by atoms with Gasteiger partial charge in [0.2, 0.25) is 0 Å². The standard InChI is InChI=1S/C15H25N3S/c1-4-15(2,3)11-5-6-12(16)13(9-11)19-14-10-17-7-8-18-14/h7-8,10-13H,4-6,9,16H2,1-3H3. The minimum atomic E-state index is 0.288.